The van der Waals surface area contributed by atoms with Crippen molar-refractivity contribution in [1.82, 2.24) is 14.9 Å². The Morgan fingerprint density at radius 3 is 2.36 bits per heavy atom. The van der Waals surface area contributed by atoms with E-state index >= 15 is 0 Å². The van der Waals surface area contributed by atoms with E-state index in [1.54, 1.807) is 12.1 Å². The highest BCUT2D eigenvalue weighted by Crippen LogP contribution is 2.12. The van der Waals surface area contributed by atoms with E-state index in [2.05, 4.69) is 35.7 Å². The van der Waals surface area contributed by atoms with Crippen LogP contribution in [0.5, 0.6) is 0 Å². The molecule has 28 heavy (non-hydrogen) atoms. The van der Waals surface area contributed by atoms with E-state index in [0.29, 0.717) is 12.1 Å². The molecule has 6 nitrogen and oxygen atoms in total. The molecule has 0 bridgehead atoms. The molecule has 152 valence electrons. The summed E-state index contributed by atoms with van der Waals surface area (Å²) in [6.07, 6.45) is 0. The van der Waals surface area contributed by atoms with Crippen molar-refractivity contribution in [2.24, 2.45) is 0 Å². The molecule has 0 saturated heterocycles. The van der Waals surface area contributed by atoms with Gasteiger partial charge in [-0.2, -0.15) is 0 Å². The molecule has 1 unspecified atom stereocenters. The summed E-state index contributed by atoms with van der Waals surface area (Å²) in [6.45, 7) is 8.74. The fourth-order valence-corrected chi connectivity index (χ4v) is 4.04. The third-order valence-corrected chi connectivity index (χ3v) is 6.11. The number of nitrogens with one attached hydrogen (secondary N) is 2. The predicted molar refractivity (Wildman–Crippen MR) is 112 cm³/mol. The van der Waals surface area contributed by atoms with Gasteiger partial charge in [-0.25, -0.2) is 13.1 Å². The Bertz CT molecular complexity index is 865. The first-order valence-electron chi connectivity index (χ1n) is 9.53. The lowest BCUT2D eigenvalue weighted by atomic mass is 10.2. The number of benzene rings is 2. The maximum atomic E-state index is 12.6. The fraction of sp³-hybridized carbons (Fsp3) is 0.381. The Morgan fingerprint density at radius 1 is 1.04 bits per heavy atom. The average molecular weight is 404 g/mol. The smallest absolute Gasteiger partial charge is 0.251 e. The van der Waals surface area contributed by atoms with E-state index < -0.39 is 10.0 Å². The molecule has 2 rings (SSSR count). The van der Waals surface area contributed by atoms with Crippen LogP contribution in [0.2, 0.25) is 0 Å². The van der Waals surface area contributed by atoms with E-state index in [1.165, 1.54) is 12.1 Å². The summed E-state index contributed by atoms with van der Waals surface area (Å²) in [5.41, 5.74) is 1.19. The summed E-state index contributed by atoms with van der Waals surface area (Å²) in [5, 5.41) is 2.89. The lowest BCUT2D eigenvalue weighted by Crippen LogP contribution is -2.42. The maximum Gasteiger partial charge on any atom is 0.251 e. The second-order valence-electron chi connectivity index (χ2n) is 6.62. The summed E-state index contributed by atoms with van der Waals surface area (Å²) in [5.74, 6) is -0.279. The number of sulfonamides is 1. The van der Waals surface area contributed by atoms with Crippen molar-refractivity contribution >= 4 is 15.9 Å². The molecule has 0 saturated carbocycles. The van der Waals surface area contributed by atoms with Crippen LogP contribution in [0.25, 0.3) is 0 Å². The largest absolute Gasteiger partial charge is 0.350 e. The van der Waals surface area contributed by atoms with Crippen LogP contribution >= 0.6 is 0 Å². The Kier molecular flexibility index (Phi) is 8.17. The van der Waals surface area contributed by atoms with Crippen molar-refractivity contribution < 1.29 is 13.2 Å². The first-order valence-corrected chi connectivity index (χ1v) is 11.0. The quantitative estimate of drug-likeness (QED) is 0.639. The summed E-state index contributed by atoms with van der Waals surface area (Å²) in [4.78, 5) is 14.8. The van der Waals surface area contributed by atoms with E-state index in [0.717, 1.165) is 18.7 Å². The van der Waals surface area contributed by atoms with Gasteiger partial charge >= 0.3 is 0 Å². The standard InChI is InChI=1S/C21H29N3O3S/c1-4-24(5-2)17(3)15-22-21(25)19-12-9-13-20(14-19)28(26,27)23-16-18-10-7-6-8-11-18/h6-14,17,23H,4-5,15-16H2,1-3H3,(H,22,25). The summed E-state index contributed by atoms with van der Waals surface area (Å²) in [6, 6.07) is 15.6. The zero-order chi connectivity index (χ0) is 20.6. The number of carbonyl (C=O) groups is 1. The number of hydrogen-bond acceptors (Lipinski definition) is 4. The van der Waals surface area contributed by atoms with E-state index in [-0.39, 0.29) is 23.4 Å². The zero-order valence-electron chi connectivity index (χ0n) is 16.7. The average Bonchev–Trinajstić information content (AvgIpc) is 2.72. The number of likely N-dealkylation sites (N-methyl/N-ethyl adjacent to an activating group) is 1. The third-order valence-electron chi connectivity index (χ3n) is 4.71. The molecular weight excluding hydrogens is 374 g/mol. The van der Waals surface area contributed by atoms with Gasteiger partial charge in [-0.3, -0.25) is 9.69 Å². The highest BCUT2D eigenvalue weighted by atomic mass is 32.2. The SMILES string of the molecule is CCN(CC)C(C)CNC(=O)c1cccc(S(=O)(=O)NCc2ccccc2)c1. The Labute approximate surface area is 168 Å². The molecule has 1 amide bonds. The van der Waals surface area contributed by atoms with Crippen LogP contribution < -0.4 is 10.0 Å². The molecule has 0 aromatic heterocycles. The van der Waals surface area contributed by atoms with Crippen molar-refractivity contribution in [3.8, 4) is 0 Å². The minimum atomic E-state index is -3.71. The highest BCUT2D eigenvalue weighted by Gasteiger charge is 2.17. The van der Waals surface area contributed by atoms with Gasteiger partial charge in [-0.1, -0.05) is 50.2 Å². The van der Waals surface area contributed by atoms with Crippen LogP contribution in [-0.2, 0) is 16.6 Å². The van der Waals surface area contributed by atoms with Gasteiger partial charge in [-0.05, 0) is 43.8 Å². The summed E-state index contributed by atoms with van der Waals surface area (Å²) >= 11 is 0. The molecule has 1 atom stereocenters. The molecule has 2 aromatic rings. The van der Waals surface area contributed by atoms with Gasteiger partial charge in [0.25, 0.3) is 5.91 Å². The Hall–Kier alpha value is -2.22. The fourth-order valence-electron chi connectivity index (χ4n) is 2.98. The molecule has 0 aliphatic rings. The maximum absolute atomic E-state index is 12.6. The van der Waals surface area contributed by atoms with Gasteiger partial charge in [-0.15, -0.1) is 0 Å². The van der Waals surface area contributed by atoms with Gasteiger partial charge in [0, 0.05) is 24.7 Å². The van der Waals surface area contributed by atoms with Crippen LogP contribution in [0, 0.1) is 0 Å². The molecule has 2 aromatic carbocycles. The van der Waals surface area contributed by atoms with Crippen molar-refractivity contribution in [2.45, 2.75) is 38.3 Å². The van der Waals surface area contributed by atoms with Crippen LogP contribution in [0.15, 0.2) is 59.5 Å². The summed E-state index contributed by atoms with van der Waals surface area (Å²) in [7, 11) is -3.71. The molecule has 0 radical (unpaired) electrons. The lowest BCUT2D eigenvalue weighted by Gasteiger charge is -2.26. The van der Waals surface area contributed by atoms with Crippen molar-refractivity contribution in [3.63, 3.8) is 0 Å². The van der Waals surface area contributed by atoms with E-state index in [1.807, 2.05) is 30.3 Å². The molecule has 0 spiro atoms. The molecule has 0 aliphatic heterocycles. The van der Waals surface area contributed by atoms with Crippen molar-refractivity contribution in [3.05, 3.63) is 65.7 Å². The number of amides is 1. The normalized spacial score (nSPS) is 12.7. The van der Waals surface area contributed by atoms with Crippen LogP contribution in [0.3, 0.4) is 0 Å². The van der Waals surface area contributed by atoms with Gasteiger partial charge in [0.1, 0.15) is 0 Å². The van der Waals surface area contributed by atoms with E-state index in [9.17, 15) is 13.2 Å². The molecule has 7 heteroatoms. The van der Waals surface area contributed by atoms with Gasteiger partial charge < -0.3 is 5.32 Å². The van der Waals surface area contributed by atoms with Crippen LogP contribution in [0.1, 0.15) is 36.7 Å². The van der Waals surface area contributed by atoms with Crippen molar-refractivity contribution in [1.29, 1.82) is 0 Å². The van der Waals surface area contributed by atoms with Crippen LogP contribution in [-0.4, -0.2) is 44.9 Å². The number of nitrogens with zero attached hydrogens (tertiary/aromatic N) is 1. The predicted octanol–water partition coefficient (Wildman–Crippen LogP) is 2.63. The Balaban J connectivity index is 2.02. The minimum absolute atomic E-state index is 0.0767. The topological polar surface area (TPSA) is 78.5 Å². The van der Waals surface area contributed by atoms with E-state index in [4.69, 9.17) is 0 Å². The second kappa shape index (κ2) is 10.4. The first kappa shape index (κ1) is 22.1. The van der Waals surface area contributed by atoms with Crippen LogP contribution in [0.4, 0.5) is 0 Å². The molecule has 0 fully saturated rings. The molecule has 0 heterocycles. The number of carbonyl (C=O) groups excluding carboxylic acids is 1. The highest BCUT2D eigenvalue weighted by molar-refractivity contribution is 7.89. The molecule has 0 aliphatic carbocycles. The second-order valence-corrected chi connectivity index (χ2v) is 8.39. The lowest BCUT2D eigenvalue weighted by molar-refractivity contribution is 0.0937. The number of rotatable bonds is 10. The Morgan fingerprint density at radius 2 is 1.71 bits per heavy atom. The first-order chi connectivity index (χ1) is 13.4. The molecular formula is C21H29N3O3S. The number of hydrogen-bond donors (Lipinski definition) is 2. The van der Waals surface area contributed by atoms with Gasteiger partial charge in [0.2, 0.25) is 10.0 Å². The van der Waals surface area contributed by atoms with Gasteiger partial charge in [0.15, 0.2) is 0 Å². The minimum Gasteiger partial charge on any atom is -0.350 e. The summed E-state index contributed by atoms with van der Waals surface area (Å²) < 4.78 is 27.7. The molecule has 2 N–H and O–H groups in total. The monoisotopic (exact) mass is 403 g/mol. The van der Waals surface area contributed by atoms with Gasteiger partial charge in [0.05, 0.1) is 4.90 Å². The third kappa shape index (κ3) is 6.15. The van der Waals surface area contributed by atoms with Crippen molar-refractivity contribution in [2.75, 3.05) is 19.6 Å². The zero-order valence-corrected chi connectivity index (χ0v) is 17.5.